The Hall–Kier alpha value is -0.340. The molecule has 14 heavy (non-hydrogen) atoms. The molecule has 0 aromatic heterocycles. The summed E-state index contributed by atoms with van der Waals surface area (Å²) in [4.78, 5) is 0. The number of benzene rings is 1. The van der Waals surface area contributed by atoms with E-state index in [4.69, 9.17) is 0 Å². The van der Waals surface area contributed by atoms with Crippen molar-refractivity contribution < 1.29 is 5.11 Å². The van der Waals surface area contributed by atoms with Crippen molar-refractivity contribution in [3.05, 3.63) is 33.3 Å². The highest BCUT2D eigenvalue weighted by molar-refractivity contribution is 9.10. The number of aryl methyl sites for hydroxylation is 1. The molecule has 0 heterocycles. The van der Waals surface area contributed by atoms with E-state index >= 15 is 0 Å². The zero-order chi connectivity index (χ0) is 10.3. The molecule has 0 unspecified atom stereocenters. The largest absolute Gasteiger partial charge is 0.395 e. The minimum atomic E-state index is 0.0836. The van der Waals surface area contributed by atoms with Gasteiger partial charge in [0.05, 0.1) is 6.61 Å². The molecule has 1 saturated carbocycles. The van der Waals surface area contributed by atoms with E-state index in [-0.39, 0.29) is 12.0 Å². The minimum absolute atomic E-state index is 0.0836. The zero-order valence-electron chi connectivity index (χ0n) is 8.60. The van der Waals surface area contributed by atoms with Gasteiger partial charge in [-0.05, 0) is 43.4 Å². The first-order valence-corrected chi connectivity index (χ1v) is 5.77. The molecule has 0 amide bonds. The van der Waals surface area contributed by atoms with Crippen molar-refractivity contribution in [1.82, 2.24) is 0 Å². The molecule has 0 spiro atoms. The lowest BCUT2D eigenvalue weighted by molar-refractivity contribution is 0.254. The summed E-state index contributed by atoms with van der Waals surface area (Å²) in [5, 5.41) is 9.38. The molecule has 1 aliphatic rings. The molecule has 0 saturated heterocycles. The summed E-state index contributed by atoms with van der Waals surface area (Å²) in [6.07, 6.45) is 2.25. The average Bonchev–Trinajstić information content (AvgIpc) is 2.95. The van der Waals surface area contributed by atoms with Gasteiger partial charge in [0.1, 0.15) is 0 Å². The van der Waals surface area contributed by atoms with Crippen molar-refractivity contribution in [2.24, 2.45) is 0 Å². The van der Waals surface area contributed by atoms with E-state index in [1.807, 2.05) is 0 Å². The first kappa shape index (κ1) is 10.2. The Bertz CT molecular complexity index is 367. The topological polar surface area (TPSA) is 20.2 Å². The van der Waals surface area contributed by atoms with Gasteiger partial charge in [0, 0.05) is 9.89 Å². The predicted octanol–water partition coefficient (Wildman–Crippen LogP) is 3.09. The fourth-order valence-electron chi connectivity index (χ4n) is 2.06. The van der Waals surface area contributed by atoms with Crippen LogP contribution in [0.1, 0.15) is 29.5 Å². The van der Waals surface area contributed by atoms with Crippen LogP contribution in [0.4, 0.5) is 0 Å². The highest BCUT2D eigenvalue weighted by Gasteiger charge is 2.44. The summed E-state index contributed by atoms with van der Waals surface area (Å²) in [7, 11) is 0. The number of hydrogen-bond donors (Lipinski definition) is 1. The van der Waals surface area contributed by atoms with Crippen LogP contribution in [-0.4, -0.2) is 11.7 Å². The lowest BCUT2D eigenvalue weighted by Crippen LogP contribution is -2.13. The van der Waals surface area contributed by atoms with Crippen molar-refractivity contribution in [1.29, 1.82) is 0 Å². The molecule has 1 aliphatic carbocycles. The van der Waals surface area contributed by atoms with Crippen LogP contribution in [-0.2, 0) is 5.41 Å². The highest BCUT2D eigenvalue weighted by Crippen LogP contribution is 2.49. The molecule has 1 N–H and O–H groups in total. The summed E-state index contributed by atoms with van der Waals surface area (Å²) < 4.78 is 1.19. The van der Waals surface area contributed by atoms with Gasteiger partial charge in [-0.3, -0.25) is 0 Å². The van der Waals surface area contributed by atoms with Crippen molar-refractivity contribution in [2.45, 2.75) is 32.1 Å². The third kappa shape index (κ3) is 1.41. The molecule has 0 radical (unpaired) electrons. The fraction of sp³-hybridized carbons (Fsp3) is 0.500. The Morgan fingerprint density at radius 3 is 2.50 bits per heavy atom. The predicted molar refractivity (Wildman–Crippen MR) is 61.6 cm³/mol. The second kappa shape index (κ2) is 3.35. The lowest BCUT2D eigenvalue weighted by atomic mass is 9.91. The van der Waals surface area contributed by atoms with E-state index < -0.39 is 0 Å². The van der Waals surface area contributed by atoms with E-state index in [9.17, 15) is 5.11 Å². The molecule has 1 aromatic rings. The Morgan fingerprint density at radius 2 is 2.00 bits per heavy atom. The summed E-state index contributed by atoms with van der Waals surface area (Å²) in [6.45, 7) is 4.50. The first-order valence-electron chi connectivity index (χ1n) is 4.98. The van der Waals surface area contributed by atoms with Crippen molar-refractivity contribution in [2.75, 3.05) is 6.61 Å². The highest BCUT2D eigenvalue weighted by atomic mass is 79.9. The molecule has 0 atom stereocenters. The number of aliphatic hydroxyl groups is 1. The van der Waals surface area contributed by atoms with Gasteiger partial charge in [-0.15, -0.1) is 0 Å². The number of hydrogen-bond acceptors (Lipinski definition) is 1. The Balaban J connectivity index is 2.50. The average molecular weight is 255 g/mol. The Labute approximate surface area is 93.3 Å². The summed E-state index contributed by atoms with van der Waals surface area (Å²) in [6, 6.07) is 4.29. The smallest absolute Gasteiger partial charge is 0.0528 e. The van der Waals surface area contributed by atoms with Crippen molar-refractivity contribution in [3.8, 4) is 0 Å². The van der Waals surface area contributed by atoms with Crippen LogP contribution in [0.2, 0.25) is 0 Å². The molecular formula is C12H15BrO. The molecule has 0 bridgehead atoms. The van der Waals surface area contributed by atoms with Crippen LogP contribution in [0.3, 0.4) is 0 Å². The van der Waals surface area contributed by atoms with E-state index in [0.29, 0.717) is 0 Å². The second-order valence-corrected chi connectivity index (χ2v) is 5.10. The molecule has 76 valence electrons. The van der Waals surface area contributed by atoms with E-state index in [2.05, 4.69) is 41.9 Å². The van der Waals surface area contributed by atoms with Crippen LogP contribution >= 0.6 is 15.9 Å². The Kier molecular flexibility index (Phi) is 2.44. The molecule has 2 heteroatoms. The lowest BCUT2D eigenvalue weighted by Gasteiger charge is -2.17. The Morgan fingerprint density at radius 1 is 1.36 bits per heavy atom. The van der Waals surface area contributed by atoms with Gasteiger partial charge in [0.15, 0.2) is 0 Å². The van der Waals surface area contributed by atoms with Crippen LogP contribution in [0.5, 0.6) is 0 Å². The van der Waals surface area contributed by atoms with E-state index in [0.717, 1.165) is 12.8 Å². The van der Waals surface area contributed by atoms with Gasteiger partial charge in [-0.1, -0.05) is 28.1 Å². The number of halogens is 1. The molecule has 1 fully saturated rings. The van der Waals surface area contributed by atoms with Crippen molar-refractivity contribution in [3.63, 3.8) is 0 Å². The van der Waals surface area contributed by atoms with Crippen LogP contribution in [0.15, 0.2) is 16.6 Å². The molecular weight excluding hydrogens is 240 g/mol. The van der Waals surface area contributed by atoms with Gasteiger partial charge in [0.25, 0.3) is 0 Å². The third-order valence-corrected chi connectivity index (χ3v) is 4.53. The van der Waals surface area contributed by atoms with Crippen LogP contribution in [0, 0.1) is 13.8 Å². The standard InChI is InChI=1S/C12H15BrO/c1-8-3-4-10(9(2)11(8)13)12(7-14)5-6-12/h3-4,14H,5-7H2,1-2H3. The van der Waals surface area contributed by atoms with Gasteiger partial charge >= 0.3 is 0 Å². The summed E-state index contributed by atoms with van der Waals surface area (Å²) in [5.41, 5.74) is 3.95. The monoisotopic (exact) mass is 254 g/mol. The SMILES string of the molecule is Cc1ccc(C2(CO)CC2)c(C)c1Br. The summed E-state index contributed by atoms with van der Waals surface area (Å²) in [5.74, 6) is 0. The van der Waals surface area contributed by atoms with Crippen LogP contribution < -0.4 is 0 Å². The summed E-state index contributed by atoms with van der Waals surface area (Å²) >= 11 is 3.60. The van der Waals surface area contributed by atoms with Gasteiger partial charge in [0.2, 0.25) is 0 Å². The normalized spacial score (nSPS) is 18.3. The third-order valence-electron chi connectivity index (χ3n) is 3.31. The molecule has 2 rings (SSSR count). The number of rotatable bonds is 2. The maximum atomic E-state index is 9.38. The quantitative estimate of drug-likeness (QED) is 0.860. The fourth-order valence-corrected chi connectivity index (χ4v) is 2.40. The van der Waals surface area contributed by atoms with Crippen LogP contribution in [0.25, 0.3) is 0 Å². The minimum Gasteiger partial charge on any atom is -0.395 e. The molecule has 0 aliphatic heterocycles. The maximum absolute atomic E-state index is 9.38. The maximum Gasteiger partial charge on any atom is 0.0528 e. The van der Waals surface area contributed by atoms with Gasteiger partial charge in [-0.2, -0.15) is 0 Å². The van der Waals surface area contributed by atoms with Gasteiger partial charge < -0.3 is 5.11 Å². The second-order valence-electron chi connectivity index (χ2n) is 4.31. The first-order chi connectivity index (χ1) is 6.60. The van der Waals surface area contributed by atoms with Crippen molar-refractivity contribution >= 4 is 15.9 Å². The van der Waals surface area contributed by atoms with Gasteiger partial charge in [-0.25, -0.2) is 0 Å². The van der Waals surface area contributed by atoms with E-state index in [1.54, 1.807) is 0 Å². The molecule has 1 aromatic carbocycles. The van der Waals surface area contributed by atoms with E-state index in [1.165, 1.54) is 21.2 Å². The molecule has 1 nitrogen and oxygen atoms in total. The zero-order valence-corrected chi connectivity index (χ0v) is 10.2. The number of aliphatic hydroxyl groups excluding tert-OH is 1.